The monoisotopic (exact) mass is 288 g/mol. The normalized spacial score (nSPS) is 10.2. The van der Waals surface area contributed by atoms with Gasteiger partial charge in [0.2, 0.25) is 0 Å². The lowest BCUT2D eigenvalue weighted by Gasteiger charge is -2.22. The number of nitrogens with zero attached hydrogens (tertiary/aromatic N) is 1. The van der Waals surface area contributed by atoms with Gasteiger partial charge in [0.15, 0.2) is 0 Å². The maximum atomic E-state index is 13.9. The van der Waals surface area contributed by atoms with Crippen LogP contribution in [0.5, 0.6) is 0 Å². The quantitative estimate of drug-likeness (QED) is 0.692. The molecule has 21 heavy (non-hydrogen) atoms. The summed E-state index contributed by atoms with van der Waals surface area (Å²) in [7, 11) is 1.69. The van der Waals surface area contributed by atoms with Gasteiger partial charge in [0.25, 0.3) is 0 Å². The van der Waals surface area contributed by atoms with Crippen LogP contribution >= 0.6 is 0 Å². The minimum Gasteiger partial charge on any atom is -0.462 e. The van der Waals surface area contributed by atoms with Crippen LogP contribution in [0.3, 0.4) is 0 Å². The summed E-state index contributed by atoms with van der Waals surface area (Å²) >= 11 is 0. The average Bonchev–Trinajstić information content (AvgIpc) is 2.47. The van der Waals surface area contributed by atoms with Crippen molar-refractivity contribution in [3.8, 4) is 0 Å². The maximum Gasteiger partial charge on any atom is 0.340 e. The molecule has 0 amide bonds. The lowest BCUT2D eigenvalue weighted by molar-refractivity contribution is 0.0527. The number of anilines is 3. The van der Waals surface area contributed by atoms with E-state index < -0.39 is 5.97 Å². The van der Waals surface area contributed by atoms with Crippen molar-refractivity contribution in [1.82, 2.24) is 0 Å². The molecule has 0 spiro atoms. The van der Waals surface area contributed by atoms with E-state index in [1.807, 2.05) is 0 Å². The van der Waals surface area contributed by atoms with Crippen LogP contribution in [0.4, 0.5) is 21.5 Å². The summed E-state index contributed by atoms with van der Waals surface area (Å²) in [6, 6.07) is 11.2. The first kappa shape index (κ1) is 14.8. The van der Waals surface area contributed by atoms with E-state index >= 15 is 0 Å². The molecule has 4 nitrogen and oxygen atoms in total. The molecule has 5 heteroatoms. The molecule has 2 rings (SSSR count). The Morgan fingerprint density at radius 1 is 1.24 bits per heavy atom. The molecule has 0 aliphatic heterocycles. The highest BCUT2D eigenvalue weighted by Crippen LogP contribution is 2.30. The highest BCUT2D eigenvalue weighted by atomic mass is 19.1. The number of hydrogen-bond acceptors (Lipinski definition) is 4. The van der Waals surface area contributed by atoms with Gasteiger partial charge in [0.05, 0.1) is 23.5 Å². The second-order valence-corrected chi connectivity index (χ2v) is 4.51. The number of ether oxygens (including phenoxy) is 1. The highest BCUT2D eigenvalue weighted by molar-refractivity contribution is 5.98. The van der Waals surface area contributed by atoms with Crippen molar-refractivity contribution in [1.29, 1.82) is 0 Å². The van der Waals surface area contributed by atoms with Gasteiger partial charge in [0, 0.05) is 12.7 Å². The zero-order valence-electron chi connectivity index (χ0n) is 12.0. The molecule has 0 atom stereocenters. The van der Waals surface area contributed by atoms with Crippen LogP contribution in [0, 0.1) is 5.82 Å². The first-order valence-electron chi connectivity index (χ1n) is 6.59. The number of rotatable bonds is 4. The molecule has 2 aromatic carbocycles. The number of benzene rings is 2. The summed E-state index contributed by atoms with van der Waals surface area (Å²) in [6.45, 7) is 1.99. The molecule has 2 N–H and O–H groups in total. The Labute approximate surface area is 122 Å². The van der Waals surface area contributed by atoms with Crippen LogP contribution in [0.25, 0.3) is 0 Å². The molecule has 0 fully saturated rings. The molecule has 0 saturated heterocycles. The second-order valence-electron chi connectivity index (χ2n) is 4.51. The smallest absolute Gasteiger partial charge is 0.340 e. The first-order valence-corrected chi connectivity index (χ1v) is 6.59. The van der Waals surface area contributed by atoms with E-state index in [4.69, 9.17) is 10.5 Å². The zero-order valence-corrected chi connectivity index (χ0v) is 12.0. The fourth-order valence-electron chi connectivity index (χ4n) is 2.07. The van der Waals surface area contributed by atoms with Gasteiger partial charge >= 0.3 is 5.97 Å². The molecule has 0 unspecified atom stereocenters. The number of nitrogen functional groups attached to an aromatic ring is 1. The molecule has 0 heterocycles. The molecule has 0 bridgehead atoms. The summed E-state index contributed by atoms with van der Waals surface area (Å²) in [6.07, 6.45) is 0. The highest BCUT2D eigenvalue weighted by Gasteiger charge is 2.18. The molecular weight excluding hydrogens is 271 g/mol. The van der Waals surface area contributed by atoms with E-state index in [9.17, 15) is 9.18 Å². The van der Waals surface area contributed by atoms with E-state index in [1.165, 1.54) is 12.1 Å². The molecule has 0 aromatic heterocycles. The van der Waals surface area contributed by atoms with Gasteiger partial charge in [-0.25, -0.2) is 9.18 Å². The number of carbonyl (C=O) groups is 1. The summed E-state index contributed by atoms with van der Waals surface area (Å²) in [5.41, 5.74) is 7.39. The average molecular weight is 288 g/mol. The Hall–Kier alpha value is -2.56. The maximum absolute atomic E-state index is 13.9. The molecule has 0 aliphatic carbocycles. The molecule has 0 radical (unpaired) electrons. The van der Waals surface area contributed by atoms with Gasteiger partial charge in [-0.1, -0.05) is 12.1 Å². The Morgan fingerprint density at radius 3 is 2.62 bits per heavy atom. The largest absolute Gasteiger partial charge is 0.462 e. The van der Waals surface area contributed by atoms with E-state index in [0.29, 0.717) is 22.6 Å². The number of esters is 1. The Morgan fingerprint density at radius 2 is 1.95 bits per heavy atom. The fourth-order valence-corrected chi connectivity index (χ4v) is 2.07. The van der Waals surface area contributed by atoms with Crippen molar-refractivity contribution in [2.75, 3.05) is 24.3 Å². The standard InChI is InChI=1S/C16H17FN2O2/c1-3-21-16(20)12-10-11(18)8-9-14(12)19(2)15-7-5-4-6-13(15)17/h4-10H,3,18H2,1-2H3. The van der Waals surface area contributed by atoms with E-state index in [0.717, 1.165) is 0 Å². The molecule has 0 aliphatic rings. The van der Waals surface area contributed by atoms with Crippen molar-refractivity contribution >= 4 is 23.0 Å². The van der Waals surface area contributed by atoms with Crippen molar-refractivity contribution in [2.24, 2.45) is 0 Å². The Kier molecular flexibility index (Phi) is 4.42. The predicted molar refractivity (Wildman–Crippen MR) is 81.3 cm³/mol. The van der Waals surface area contributed by atoms with Crippen molar-refractivity contribution < 1.29 is 13.9 Å². The number of hydrogen-bond donors (Lipinski definition) is 1. The van der Waals surface area contributed by atoms with Gasteiger partial charge in [-0.3, -0.25) is 0 Å². The molecule has 110 valence electrons. The third-order valence-corrected chi connectivity index (χ3v) is 3.09. The lowest BCUT2D eigenvalue weighted by Crippen LogP contribution is -2.17. The van der Waals surface area contributed by atoms with Gasteiger partial charge in [0.1, 0.15) is 5.82 Å². The number of nitrogens with two attached hydrogens (primary N) is 1. The fraction of sp³-hybridized carbons (Fsp3) is 0.188. The van der Waals surface area contributed by atoms with Gasteiger partial charge in [-0.2, -0.15) is 0 Å². The van der Waals surface area contributed by atoms with Crippen LogP contribution in [-0.4, -0.2) is 19.6 Å². The number of halogens is 1. The minimum absolute atomic E-state index is 0.260. The zero-order chi connectivity index (χ0) is 15.4. The Bertz CT molecular complexity index is 658. The van der Waals surface area contributed by atoms with Crippen molar-refractivity contribution in [3.05, 3.63) is 53.8 Å². The second kappa shape index (κ2) is 6.26. The van der Waals surface area contributed by atoms with Crippen molar-refractivity contribution in [3.63, 3.8) is 0 Å². The van der Waals surface area contributed by atoms with Crippen LogP contribution in [0.15, 0.2) is 42.5 Å². The van der Waals surface area contributed by atoms with Crippen molar-refractivity contribution in [2.45, 2.75) is 6.92 Å². The van der Waals surface area contributed by atoms with Crippen LogP contribution < -0.4 is 10.6 Å². The topological polar surface area (TPSA) is 55.6 Å². The van der Waals surface area contributed by atoms with Gasteiger partial charge < -0.3 is 15.4 Å². The molecule has 2 aromatic rings. The first-order chi connectivity index (χ1) is 10.0. The molecular formula is C16H17FN2O2. The predicted octanol–water partition coefficient (Wildman–Crippen LogP) is 3.35. The number of para-hydroxylation sites is 1. The van der Waals surface area contributed by atoms with E-state index in [-0.39, 0.29) is 12.4 Å². The SMILES string of the molecule is CCOC(=O)c1cc(N)ccc1N(C)c1ccccc1F. The summed E-state index contributed by atoms with van der Waals surface area (Å²) in [4.78, 5) is 13.6. The van der Waals surface area contributed by atoms with Gasteiger partial charge in [-0.05, 0) is 37.3 Å². The number of carbonyl (C=O) groups excluding carboxylic acids is 1. The van der Waals surface area contributed by atoms with E-state index in [2.05, 4.69) is 0 Å². The summed E-state index contributed by atoms with van der Waals surface area (Å²) < 4.78 is 18.9. The minimum atomic E-state index is -0.483. The van der Waals surface area contributed by atoms with Crippen LogP contribution in [0.2, 0.25) is 0 Å². The lowest BCUT2D eigenvalue weighted by atomic mass is 10.1. The third-order valence-electron chi connectivity index (χ3n) is 3.09. The summed E-state index contributed by atoms with van der Waals surface area (Å²) in [5, 5.41) is 0. The van der Waals surface area contributed by atoms with Crippen LogP contribution in [0.1, 0.15) is 17.3 Å². The van der Waals surface area contributed by atoms with E-state index in [1.54, 1.807) is 49.2 Å². The molecule has 0 saturated carbocycles. The van der Waals surface area contributed by atoms with Gasteiger partial charge in [-0.15, -0.1) is 0 Å². The third kappa shape index (κ3) is 3.13. The Balaban J connectivity index is 2.48. The summed E-state index contributed by atoms with van der Waals surface area (Å²) in [5.74, 6) is -0.852. The van der Waals surface area contributed by atoms with Crippen LogP contribution in [-0.2, 0) is 4.74 Å².